The fourth-order valence-corrected chi connectivity index (χ4v) is 1.95. The number of nitrogens with one attached hydrogen (secondary N) is 1. The molecule has 1 aromatic rings. The number of anilines is 1. The fourth-order valence-electron chi connectivity index (χ4n) is 1.80. The van der Waals surface area contributed by atoms with Crippen molar-refractivity contribution in [2.75, 3.05) is 45.2 Å². The van der Waals surface area contributed by atoms with Crippen molar-refractivity contribution in [1.82, 2.24) is 19.9 Å². The van der Waals surface area contributed by atoms with Gasteiger partial charge in [-0.1, -0.05) is 0 Å². The summed E-state index contributed by atoms with van der Waals surface area (Å²) in [6.07, 6.45) is 0.116. The van der Waals surface area contributed by atoms with Gasteiger partial charge in [0.15, 0.2) is 0 Å². The Balaban J connectivity index is 1.91. The van der Waals surface area contributed by atoms with Crippen LogP contribution in [0.1, 0.15) is 6.92 Å². The summed E-state index contributed by atoms with van der Waals surface area (Å²) in [6.45, 7) is 5.54. The van der Waals surface area contributed by atoms with E-state index in [-0.39, 0.29) is 17.4 Å². The average Bonchev–Trinajstić information content (AvgIpc) is 2.36. The van der Waals surface area contributed by atoms with Crippen molar-refractivity contribution in [2.24, 2.45) is 0 Å². The van der Waals surface area contributed by atoms with Crippen molar-refractivity contribution >= 4 is 17.5 Å². The van der Waals surface area contributed by atoms with Crippen molar-refractivity contribution < 1.29 is 9.47 Å². The first kappa shape index (κ1) is 14.2. The minimum atomic E-state index is 0.114. The van der Waals surface area contributed by atoms with Gasteiger partial charge in [-0.25, -0.2) is 0 Å². The normalized spacial score (nSPS) is 20.3. The molecule has 1 fully saturated rings. The van der Waals surface area contributed by atoms with E-state index in [2.05, 4.69) is 32.2 Å². The van der Waals surface area contributed by atoms with Gasteiger partial charge in [-0.2, -0.15) is 15.0 Å². The van der Waals surface area contributed by atoms with Crippen LogP contribution in [-0.2, 0) is 4.74 Å². The van der Waals surface area contributed by atoms with E-state index in [0.717, 1.165) is 19.7 Å². The summed E-state index contributed by atoms with van der Waals surface area (Å²) in [7, 11) is 2.07. The lowest BCUT2D eigenvalue weighted by atomic mass is 10.3. The van der Waals surface area contributed by atoms with Gasteiger partial charge in [0.2, 0.25) is 11.2 Å². The SMILES string of the molecule is CCOc1nc(Cl)nc(NCC2CN(C)CCO2)n1. The maximum atomic E-state index is 5.81. The third kappa shape index (κ3) is 4.45. The van der Waals surface area contributed by atoms with Gasteiger partial charge in [0, 0.05) is 19.6 Å². The van der Waals surface area contributed by atoms with Crippen LogP contribution in [0.2, 0.25) is 5.28 Å². The molecule has 8 heteroatoms. The second kappa shape index (κ2) is 6.83. The number of morpholine rings is 1. The van der Waals surface area contributed by atoms with E-state index in [4.69, 9.17) is 21.1 Å². The molecule has 1 unspecified atom stereocenters. The van der Waals surface area contributed by atoms with Crippen LogP contribution in [-0.4, -0.2) is 65.9 Å². The Morgan fingerprint density at radius 3 is 3.05 bits per heavy atom. The molecule has 0 amide bonds. The third-order valence-corrected chi connectivity index (χ3v) is 2.86. The third-order valence-electron chi connectivity index (χ3n) is 2.69. The summed E-state index contributed by atoms with van der Waals surface area (Å²) in [5.41, 5.74) is 0. The molecule has 0 saturated carbocycles. The molecular formula is C11H18ClN5O2. The molecule has 19 heavy (non-hydrogen) atoms. The molecule has 7 nitrogen and oxygen atoms in total. The first-order chi connectivity index (χ1) is 9.17. The largest absolute Gasteiger partial charge is 0.464 e. The molecular weight excluding hydrogens is 270 g/mol. The highest BCUT2D eigenvalue weighted by atomic mass is 35.5. The monoisotopic (exact) mass is 287 g/mol. The summed E-state index contributed by atoms with van der Waals surface area (Å²) >= 11 is 5.81. The summed E-state index contributed by atoms with van der Waals surface area (Å²) in [4.78, 5) is 14.2. The molecule has 0 bridgehead atoms. The Morgan fingerprint density at radius 2 is 2.32 bits per heavy atom. The predicted octanol–water partition coefficient (Wildman–Crippen LogP) is 0.666. The molecule has 2 rings (SSSR count). The molecule has 1 aliphatic heterocycles. The quantitative estimate of drug-likeness (QED) is 0.853. The first-order valence-electron chi connectivity index (χ1n) is 6.25. The second-order valence-electron chi connectivity index (χ2n) is 4.28. The van der Waals surface area contributed by atoms with Crippen LogP contribution >= 0.6 is 11.6 Å². The van der Waals surface area contributed by atoms with Crippen LogP contribution in [0, 0.1) is 0 Å². The highest BCUT2D eigenvalue weighted by Crippen LogP contribution is 2.12. The van der Waals surface area contributed by atoms with Gasteiger partial charge in [0.1, 0.15) is 0 Å². The van der Waals surface area contributed by atoms with Gasteiger partial charge >= 0.3 is 6.01 Å². The van der Waals surface area contributed by atoms with E-state index in [1.54, 1.807) is 0 Å². The second-order valence-corrected chi connectivity index (χ2v) is 4.62. The summed E-state index contributed by atoms with van der Waals surface area (Å²) in [5, 5.41) is 3.21. The minimum absolute atomic E-state index is 0.114. The standard InChI is InChI=1S/C11H18ClN5O2/c1-3-18-11-15-9(12)14-10(16-11)13-6-8-7-17(2)4-5-19-8/h8H,3-7H2,1-2H3,(H,13,14,15,16). The molecule has 1 N–H and O–H groups in total. The zero-order chi connectivity index (χ0) is 13.7. The lowest BCUT2D eigenvalue weighted by Gasteiger charge is -2.30. The number of nitrogens with zero attached hydrogens (tertiary/aromatic N) is 4. The van der Waals surface area contributed by atoms with E-state index in [1.807, 2.05) is 6.92 Å². The van der Waals surface area contributed by atoms with E-state index in [0.29, 0.717) is 19.1 Å². The molecule has 0 aliphatic carbocycles. The number of rotatable bonds is 5. The number of halogens is 1. The van der Waals surface area contributed by atoms with Crippen LogP contribution in [0.25, 0.3) is 0 Å². The fraction of sp³-hybridized carbons (Fsp3) is 0.727. The smallest absolute Gasteiger partial charge is 0.322 e. The van der Waals surface area contributed by atoms with E-state index < -0.39 is 0 Å². The molecule has 0 spiro atoms. The molecule has 0 aromatic carbocycles. The van der Waals surface area contributed by atoms with Crippen LogP contribution in [0.5, 0.6) is 6.01 Å². The van der Waals surface area contributed by atoms with Gasteiger partial charge in [0.25, 0.3) is 0 Å². The maximum absolute atomic E-state index is 5.81. The van der Waals surface area contributed by atoms with Gasteiger partial charge in [0.05, 0.1) is 19.3 Å². The summed E-state index contributed by atoms with van der Waals surface area (Å²) < 4.78 is 10.8. The molecule has 0 radical (unpaired) electrons. The lowest BCUT2D eigenvalue weighted by molar-refractivity contribution is -0.0118. The average molecular weight is 288 g/mol. The number of hydrogen-bond acceptors (Lipinski definition) is 7. The summed E-state index contributed by atoms with van der Waals surface area (Å²) in [5.74, 6) is 0.403. The van der Waals surface area contributed by atoms with Gasteiger partial charge in [-0.05, 0) is 25.6 Å². The zero-order valence-electron chi connectivity index (χ0n) is 11.1. The Morgan fingerprint density at radius 1 is 1.47 bits per heavy atom. The number of ether oxygens (including phenoxy) is 2. The zero-order valence-corrected chi connectivity index (χ0v) is 11.9. The molecule has 1 saturated heterocycles. The van der Waals surface area contributed by atoms with Crippen molar-refractivity contribution in [3.63, 3.8) is 0 Å². The van der Waals surface area contributed by atoms with Crippen molar-refractivity contribution in [3.05, 3.63) is 5.28 Å². The Hall–Kier alpha value is -1.18. The number of likely N-dealkylation sites (N-methyl/N-ethyl adjacent to an activating group) is 1. The molecule has 106 valence electrons. The van der Waals surface area contributed by atoms with Gasteiger partial charge in [-0.15, -0.1) is 0 Å². The van der Waals surface area contributed by atoms with Crippen LogP contribution in [0.15, 0.2) is 0 Å². The van der Waals surface area contributed by atoms with E-state index in [1.165, 1.54) is 0 Å². The Kier molecular flexibility index (Phi) is 5.12. The molecule has 2 heterocycles. The maximum Gasteiger partial charge on any atom is 0.322 e. The molecule has 1 aromatic heterocycles. The highest BCUT2D eigenvalue weighted by Gasteiger charge is 2.18. The first-order valence-corrected chi connectivity index (χ1v) is 6.63. The van der Waals surface area contributed by atoms with Crippen molar-refractivity contribution in [1.29, 1.82) is 0 Å². The Labute approximate surface area is 117 Å². The van der Waals surface area contributed by atoms with E-state index in [9.17, 15) is 0 Å². The molecule has 1 aliphatic rings. The van der Waals surface area contributed by atoms with Crippen molar-refractivity contribution in [2.45, 2.75) is 13.0 Å². The number of aromatic nitrogens is 3. The highest BCUT2D eigenvalue weighted by molar-refractivity contribution is 6.28. The predicted molar refractivity (Wildman–Crippen MR) is 71.7 cm³/mol. The minimum Gasteiger partial charge on any atom is -0.464 e. The molecule has 1 atom stereocenters. The lowest BCUT2D eigenvalue weighted by Crippen LogP contribution is -2.43. The van der Waals surface area contributed by atoms with Crippen molar-refractivity contribution in [3.8, 4) is 6.01 Å². The number of hydrogen-bond donors (Lipinski definition) is 1. The topological polar surface area (TPSA) is 72.4 Å². The van der Waals surface area contributed by atoms with Crippen LogP contribution in [0.3, 0.4) is 0 Å². The van der Waals surface area contributed by atoms with Gasteiger partial charge < -0.3 is 19.7 Å². The van der Waals surface area contributed by atoms with Crippen LogP contribution in [0.4, 0.5) is 5.95 Å². The summed E-state index contributed by atoms with van der Waals surface area (Å²) in [6, 6.07) is 0.228. The van der Waals surface area contributed by atoms with Crippen LogP contribution < -0.4 is 10.1 Å². The van der Waals surface area contributed by atoms with Gasteiger partial charge in [-0.3, -0.25) is 0 Å². The Bertz CT molecular complexity index is 420. The van der Waals surface area contributed by atoms with E-state index >= 15 is 0 Å².